The topological polar surface area (TPSA) is 75.7 Å². The van der Waals surface area contributed by atoms with Crippen LogP contribution in [-0.2, 0) is 14.3 Å². The average Bonchev–Trinajstić information content (AvgIpc) is 2.64. The van der Waals surface area contributed by atoms with Gasteiger partial charge in [-0.05, 0) is 18.2 Å². The summed E-state index contributed by atoms with van der Waals surface area (Å²) in [7, 11) is 3.13. The molecule has 6 nitrogen and oxygen atoms in total. The summed E-state index contributed by atoms with van der Waals surface area (Å²) in [6.45, 7) is -0.415. The molecule has 0 spiro atoms. The number of esters is 1. The number of nitrogens with zero attached hydrogens (tertiary/aromatic N) is 1. The molecule has 1 atom stereocenters. The van der Waals surface area contributed by atoms with Crippen LogP contribution >= 0.6 is 23.2 Å². The maximum atomic E-state index is 12.3. The SMILES string of the molecule is CN(C)C(=O)[C@@H](OC(=O)CNC(=O)c1ccc(Cl)cc1Cl)c1ccccc1. The Hall–Kier alpha value is -2.57. The molecule has 142 valence electrons. The van der Waals surface area contributed by atoms with E-state index in [1.54, 1.807) is 44.4 Å². The van der Waals surface area contributed by atoms with E-state index in [1.807, 2.05) is 0 Å². The quantitative estimate of drug-likeness (QED) is 0.745. The third-order valence-corrected chi connectivity index (χ3v) is 4.13. The van der Waals surface area contributed by atoms with E-state index >= 15 is 0 Å². The first kappa shape index (κ1) is 20.7. The summed E-state index contributed by atoms with van der Waals surface area (Å²) in [4.78, 5) is 38.0. The van der Waals surface area contributed by atoms with E-state index in [9.17, 15) is 14.4 Å². The number of nitrogens with one attached hydrogen (secondary N) is 1. The van der Waals surface area contributed by atoms with Crippen molar-refractivity contribution in [1.29, 1.82) is 0 Å². The predicted octanol–water partition coefficient (Wildman–Crippen LogP) is 3.10. The van der Waals surface area contributed by atoms with Crippen LogP contribution in [0.3, 0.4) is 0 Å². The zero-order valence-electron chi connectivity index (χ0n) is 14.7. The van der Waals surface area contributed by atoms with Crippen LogP contribution in [0.25, 0.3) is 0 Å². The van der Waals surface area contributed by atoms with Crippen molar-refractivity contribution < 1.29 is 19.1 Å². The van der Waals surface area contributed by atoms with Crippen molar-refractivity contribution in [3.63, 3.8) is 0 Å². The third-order valence-electron chi connectivity index (χ3n) is 3.59. The van der Waals surface area contributed by atoms with Gasteiger partial charge in [-0.2, -0.15) is 0 Å². The number of halogens is 2. The van der Waals surface area contributed by atoms with Crippen molar-refractivity contribution in [2.75, 3.05) is 20.6 Å². The first-order valence-electron chi connectivity index (χ1n) is 7.98. The van der Waals surface area contributed by atoms with Gasteiger partial charge in [0.1, 0.15) is 6.54 Å². The number of benzene rings is 2. The van der Waals surface area contributed by atoms with E-state index < -0.39 is 24.5 Å². The van der Waals surface area contributed by atoms with E-state index in [0.717, 1.165) is 0 Å². The summed E-state index contributed by atoms with van der Waals surface area (Å²) in [5, 5.41) is 2.98. The highest BCUT2D eigenvalue weighted by atomic mass is 35.5. The number of hydrogen-bond donors (Lipinski definition) is 1. The van der Waals surface area contributed by atoms with Gasteiger partial charge in [-0.1, -0.05) is 53.5 Å². The lowest BCUT2D eigenvalue weighted by atomic mass is 10.1. The van der Waals surface area contributed by atoms with Gasteiger partial charge >= 0.3 is 5.97 Å². The molecule has 0 aromatic heterocycles. The van der Waals surface area contributed by atoms with Crippen LogP contribution in [0.5, 0.6) is 0 Å². The molecule has 0 unspecified atom stereocenters. The zero-order valence-corrected chi connectivity index (χ0v) is 16.3. The van der Waals surface area contributed by atoms with Crippen molar-refractivity contribution in [2.45, 2.75) is 6.10 Å². The number of carbonyl (C=O) groups excluding carboxylic acids is 3. The van der Waals surface area contributed by atoms with Crippen LogP contribution in [-0.4, -0.2) is 43.3 Å². The lowest BCUT2D eigenvalue weighted by Gasteiger charge is -2.21. The van der Waals surface area contributed by atoms with Gasteiger partial charge < -0.3 is 15.0 Å². The highest BCUT2D eigenvalue weighted by Gasteiger charge is 2.26. The second kappa shape index (κ2) is 9.39. The molecule has 2 amide bonds. The van der Waals surface area contributed by atoms with Gasteiger partial charge in [0.15, 0.2) is 0 Å². The fraction of sp³-hybridized carbons (Fsp3) is 0.211. The minimum Gasteiger partial charge on any atom is -0.446 e. The second-order valence-corrected chi connectivity index (χ2v) is 6.66. The molecule has 27 heavy (non-hydrogen) atoms. The number of carbonyl (C=O) groups is 3. The molecule has 1 N–H and O–H groups in total. The maximum Gasteiger partial charge on any atom is 0.326 e. The van der Waals surface area contributed by atoms with E-state index in [2.05, 4.69) is 5.32 Å². The van der Waals surface area contributed by atoms with E-state index in [0.29, 0.717) is 10.6 Å². The number of likely N-dealkylation sites (N-methyl/N-ethyl adjacent to an activating group) is 1. The van der Waals surface area contributed by atoms with Crippen molar-refractivity contribution in [3.8, 4) is 0 Å². The summed E-state index contributed by atoms with van der Waals surface area (Å²) in [5.74, 6) is -1.69. The Kier molecular flexibility index (Phi) is 7.21. The number of ether oxygens (including phenoxy) is 1. The van der Waals surface area contributed by atoms with E-state index in [1.165, 1.54) is 23.1 Å². The Labute approximate surface area is 167 Å². The molecule has 0 heterocycles. The highest BCUT2D eigenvalue weighted by molar-refractivity contribution is 6.36. The molecule has 8 heteroatoms. The standard InChI is InChI=1S/C19H18Cl2N2O4/c1-23(2)19(26)17(12-6-4-3-5-7-12)27-16(24)11-22-18(25)14-9-8-13(20)10-15(14)21/h3-10,17H,11H2,1-2H3,(H,22,25)/t17-/m0/s1. The predicted molar refractivity (Wildman–Crippen MR) is 103 cm³/mol. The molecule has 0 fully saturated rings. The molecule has 0 saturated carbocycles. The van der Waals surface area contributed by atoms with Crippen LogP contribution in [0.4, 0.5) is 0 Å². The fourth-order valence-corrected chi connectivity index (χ4v) is 2.71. The van der Waals surface area contributed by atoms with Crippen LogP contribution in [0.1, 0.15) is 22.0 Å². The molecule has 2 aromatic carbocycles. The highest BCUT2D eigenvalue weighted by Crippen LogP contribution is 2.21. The van der Waals surface area contributed by atoms with Gasteiger partial charge in [-0.15, -0.1) is 0 Å². The molecule has 0 aliphatic heterocycles. The maximum absolute atomic E-state index is 12.3. The number of amides is 2. The van der Waals surface area contributed by atoms with Crippen molar-refractivity contribution in [3.05, 3.63) is 69.7 Å². The zero-order chi connectivity index (χ0) is 20.0. The van der Waals surface area contributed by atoms with Gasteiger partial charge in [0.2, 0.25) is 6.10 Å². The molecule has 0 saturated heterocycles. The molecule has 0 radical (unpaired) electrons. The lowest BCUT2D eigenvalue weighted by molar-refractivity contribution is -0.158. The van der Waals surface area contributed by atoms with Crippen LogP contribution < -0.4 is 5.32 Å². The summed E-state index contributed by atoms with van der Waals surface area (Å²) in [6, 6.07) is 13.0. The van der Waals surface area contributed by atoms with Crippen LogP contribution in [0.2, 0.25) is 10.0 Å². The normalized spacial score (nSPS) is 11.4. The Balaban J connectivity index is 2.03. The van der Waals surface area contributed by atoms with Crippen LogP contribution in [0.15, 0.2) is 48.5 Å². The van der Waals surface area contributed by atoms with E-state index in [4.69, 9.17) is 27.9 Å². The van der Waals surface area contributed by atoms with E-state index in [-0.39, 0.29) is 16.5 Å². The molecule has 0 bridgehead atoms. The van der Waals surface area contributed by atoms with Gasteiger partial charge in [0.05, 0.1) is 10.6 Å². The molecule has 0 aliphatic carbocycles. The minimum absolute atomic E-state index is 0.165. The largest absolute Gasteiger partial charge is 0.446 e. The monoisotopic (exact) mass is 408 g/mol. The molecular weight excluding hydrogens is 391 g/mol. The number of hydrogen-bond acceptors (Lipinski definition) is 4. The Morgan fingerprint density at radius 3 is 2.33 bits per heavy atom. The Bertz CT molecular complexity index is 841. The van der Waals surface area contributed by atoms with Gasteiger partial charge in [0, 0.05) is 24.7 Å². The number of rotatable bonds is 6. The lowest BCUT2D eigenvalue weighted by Crippen LogP contribution is -2.35. The van der Waals surface area contributed by atoms with Crippen molar-refractivity contribution in [1.82, 2.24) is 10.2 Å². The first-order chi connectivity index (χ1) is 12.8. The molecule has 2 rings (SSSR count). The van der Waals surface area contributed by atoms with Gasteiger partial charge in [-0.3, -0.25) is 14.4 Å². The Morgan fingerprint density at radius 2 is 1.74 bits per heavy atom. The van der Waals surface area contributed by atoms with Gasteiger partial charge in [0.25, 0.3) is 11.8 Å². The molecule has 2 aromatic rings. The fourth-order valence-electron chi connectivity index (χ4n) is 2.22. The average molecular weight is 409 g/mol. The first-order valence-corrected chi connectivity index (χ1v) is 8.74. The van der Waals surface area contributed by atoms with Crippen LogP contribution in [0, 0.1) is 0 Å². The minimum atomic E-state index is -1.09. The summed E-state index contributed by atoms with van der Waals surface area (Å²) < 4.78 is 5.30. The molecular formula is C19H18Cl2N2O4. The summed E-state index contributed by atoms with van der Waals surface area (Å²) >= 11 is 11.8. The Morgan fingerprint density at radius 1 is 1.07 bits per heavy atom. The summed E-state index contributed by atoms with van der Waals surface area (Å²) in [6.07, 6.45) is -1.09. The van der Waals surface area contributed by atoms with Gasteiger partial charge in [-0.25, -0.2) is 0 Å². The van der Waals surface area contributed by atoms with Crippen molar-refractivity contribution in [2.24, 2.45) is 0 Å². The van der Waals surface area contributed by atoms with Crippen molar-refractivity contribution >= 4 is 41.0 Å². The summed E-state index contributed by atoms with van der Waals surface area (Å²) in [5.41, 5.74) is 0.717. The third kappa shape index (κ3) is 5.70. The molecule has 0 aliphatic rings. The smallest absolute Gasteiger partial charge is 0.326 e. The second-order valence-electron chi connectivity index (χ2n) is 5.82.